The van der Waals surface area contributed by atoms with Crippen LogP contribution < -0.4 is 5.73 Å². The first-order valence-corrected chi connectivity index (χ1v) is 4.47. The fourth-order valence-corrected chi connectivity index (χ4v) is 0.905. The van der Waals surface area contributed by atoms with Crippen molar-refractivity contribution in [1.29, 1.82) is 0 Å². The highest BCUT2D eigenvalue weighted by molar-refractivity contribution is 5.75. The van der Waals surface area contributed by atoms with E-state index in [9.17, 15) is 15.0 Å². The number of aromatic hydroxyl groups is 2. The molecule has 0 spiro atoms. The maximum absolute atomic E-state index is 11.6. The molecule has 88 valence electrons. The van der Waals surface area contributed by atoms with E-state index in [-0.39, 0.29) is 6.61 Å². The topological polar surface area (TPSA) is 92.8 Å². The Bertz CT molecular complexity index is 549. The summed E-state index contributed by atoms with van der Waals surface area (Å²) in [6.07, 6.45) is -1.95. The minimum absolute atomic E-state index is 0.0740. The lowest BCUT2D eigenvalue weighted by Gasteiger charge is -2.10. The molecule has 5 heteroatoms. The van der Waals surface area contributed by atoms with Crippen molar-refractivity contribution < 1.29 is 26.6 Å². The Kier molecular flexibility index (Phi) is 2.26. The summed E-state index contributed by atoms with van der Waals surface area (Å²) in [7, 11) is 0. The lowest BCUT2D eigenvalue weighted by Crippen LogP contribution is -2.34. The van der Waals surface area contributed by atoms with Gasteiger partial charge in [-0.05, 0) is 31.0 Å². The summed E-state index contributed by atoms with van der Waals surface area (Å²) in [5, 5.41) is 18.9. The quantitative estimate of drug-likeness (QED) is 0.518. The number of nitrogens with two attached hydrogens (primary N) is 1. The Balaban J connectivity index is 3.44. The van der Waals surface area contributed by atoms with Crippen LogP contribution in [0.3, 0.4) is 0 Å². The molecule has 0 heterocycles. The van der Waals surface area contributed by atoms with Gasteiger partial charge in [0, 0.05) is 1.37 Å². The molecule has 16 heavy (non-hydrogen) atoms. The second-order valence-electron chi connectivity index (χ2n) is 2.81. The lowest BCUT2D eigenvalue weighted by atomic mass is 10.1. The van der Waals surface area contributed by atoms with E-state index in [1.165, 1.54) is 6.92 Å². The third kappa shape index (κ3) is 3.13. The highest BCUT2D eigenvalue weighted by Gasteiger charge is 2.15. The predicted octanol–water partition coefficient (Wildman–Crippen LogP) is 0.531. The van der Waals surface area contributed by atoms with E-state index in [4.69, 9.17) is 12.6 Å². The number of hydrogen-bond acceptors (Lipinski definition) is 5. The van der Waals surface area contributed by atoms with Crippen molar-refractivity contribution in [1.82, 2.24) is 0 Å². The van der Waals surface area contributed by atoms with Crippen LogP contribution in [0, 0.1) is 0 Å². The summed E-state index contributed by atoms with van der Waals surface area (Å²) >= 11 is 0. The minimum Gasteiger partial charge on any atom is -0.504 e. The Morgan fingerprint density at radius 1 is 1.69 bits per heavy atom. The van der Waals surface area contributed by atoms with Gasteiger partial charge in [-0.25, -0.2) is 0 Å². The van der Waals surface area contributed by atoms with Crippen molar-refractivity contribution in [2.24, 2.45) is 5.73 Å². The Hall–Kier alpha value is -1.75. The minimum atomic E-state index is -2.63. The zero-order valence-electron chi connectivity index (χ0n) is 13.6. The summed E-state index contributed by atoms with van der Waals surface area (Å²) in [6.45, 7) is 1.41. The van der Waals surface area contributed by atoms with E-state index in [1.807, 2.05) is 0 Å². The van der Waals surface area contributed by atoms with Gasteiger partial charge in [-0.2, -0.15) is 0 Å². The number of rotatable bonds is 4. The van der Waals surface area contributed by atoms with Crippen LogP contribution in [0.4, 0.5) is 0 Å². The molecule has 0 saturated heterocycles. The summed E-state index contributed by atoms with van der Waals surface area (Å²) in [5.74, 6) is -3.23. The molecule has 0 saturated carbocycles. The number of phenolic OH excluding ortho intramolecular Hbond substituents is 2. The highest BCUT2D eigenvalue weighted by atomic mass is 16.5. The number of phenols is 2. The number of carbonyl (C=O) groups is 1. The van der Waals surface area contributed by atoms with Crippen LogP contribution in [0.1, 0.15) is 19.3 Å². The van der Waals surface area contributed by atoms with Crippen molar-refractivity contribution in [3.8, 4) is 11.5 Å². The van der Waals surface area contributed by atoms with Crippen LogP contribution in [0.25, 0.3) is 0 Å². The first kappa shape index (κ1) is 6.75. The second kappa shape index (κ2) is 5.37. The summed E-state index contributed by atoms with van der Waals surface area (Å²) in [5.41, 5.74) is 4.82. The van der Waals surface area contributed by atoms with Crippen molar-refractivity contribution in [2.45, 2.75) is 19.3 Å². The van der Waals surface area contributed by atoms with Crippen LogP contribution >= 0.6 is 0 Å². The molecule has 1 aromatic rings. The average Bonchev–Trinajstić information content (AvgIpc) is 2.43. The van der Waals surface area contributed by atoms with E-state index in [1.54, 1.807) is 0 Å². The number of esters is 1. The van der Waals surface area contributed by atoms with Crippen LogP contribution in [0.15, 0.2) is 18.1 Å². The van der Waals surface area contributed by atoms with Gasteiger partial charge in [0.1, 0.15) is 6.02 Å². The molecule has 0 aromatic heterocycles. The van der Waals surface area contributed by atoms with Crippen molar-refractivity contribution in [3.05, 3.63) is 23.7 Å². The third-order valence-electron chi connectivity index (χ3n) is 1.60. The van der Waals surface area contributed by atoms with Gasteiger partial charge in [-0.1, -0.05) is 6.04 Å². The Morgan fingerprint density at radius 3 is 3.00 bits per heavy atom. The zero-order valence-corrected chi connectivity index (χ0v) is 8.57. The standard InChI is InChI=1S/C11H15NO4/c1-2-16-11(15)8(12)5-7-3-4-9(13)10(14)6-7/h3-4,6,8,13-14H,2,5,12H2,1H3/t8-/m1/s1/i3D,4D,5D,6D,8D/t5-,8-. The van der Waals surface area contributed by atoms with E-state index in [2.05, 4.69) is 4.74 Å². The van der Waals surface area contributed by atoms with Gasteiger partial charge in [-0.15, -0.1) is 0 Å². The molecule has 0 unspecified atom stereocenters. The van der Waals surface area contributed by atoms with Gasteiger partial charge in [0.25, 0.3) is 0 Å². The maximum atomic E-state index is 11.6. The van der Waals surface area contributed by atoms with E-state index in [0.29, 0.717) is 0 Å². The molecule has 0 bridgehead atoms. The lowest BCUT2D eigenvalue weighted by molar-refractivity contribution is -0.144. The molecule has 5 nitrogen and oxygen atoms in total. The monoisotopic (exact) mass is 230 g/mol. The third-order valence-corrected chi connectivity index (χ3v) is 1.60. The molecular weight excluding hydrogens is 210 g/mol. The fourth-order valence-electron chi connectivity index (χ4n) is 0.905. The molecule has 1 aromatic carbocycles. The summed E-state index contributed by atoms with van der Waals surface area (Å²) < 4.78 is 42.8. The van der Waals surface area contributed by atoms with Crippen LogP contribution in [0.2, 0.25) is 0 Å². The van der Waals surface area contributed by atoms with Crippen molar-refractivity contribution >= 4 is 5.97 Å². The zero-order chi connectivity index (χ0) is 16.5. The average molecular weight is 230 g/mol. The number of hydrogen-bond donors (Lipinski definition) is 3. The molecule has 0 aliphatic heterocycles. The SMILES string of the molecule is [2H]c1c([2H])c([C@@H]([2H])[C@@]([2H])(N)C(=O)OCC)c([2H])c(O)c1O. The van der Waals surface area contributed by atoms with Crippen LogP contribution in [-0.4, -0.2) is 28.8 Å². The smallest absolute Gasteiger partial charge is 0.323 e. The van der Waals surface area contributed by atoms with E-state index < -0.39 is 53.6 Å². The highest BCUT2D eigenvalue weighted by Crippen LogP contribution is 2.25. The van der Waals surface area contributed by atoms with E-state index >= 15 is 0 Å². The molecule has 0 fully saturated rings. The van der Waals surface area contributed by atoms with Gasteiger partial charge in [0.2, 0.25) is 0 Å². The second-order valence-corrected chi connectivity index (χ2v) is 2.81. The molecule has 4 N–H and O–H groups in total. The number of benzene rings is 1. The number of ether oxygens (including phenoxy) is 1. The van der Waals surface area contributed by atoms with Gasteiger partial charge in [-0.3, -0.25) is 4.79 Å². The predicted molar refractivity (Wildman–Crippen MR) is 58.1 cm³/mol. The summed E-state index contributed by atoms with van der Waals surface area (Å²) in [6, 6.07) is -5.05. The Labute approximate surface area is 100 Å². The van der Waals surface area contributed by atoms with Crippen LogP contribution in [-0.2, 0) is 15.9 Å². The first-order chi connectivity index (χ1) is 9.57. The first-order valence-electron chi connectivity index (χ1n) is 7.04. The molecular formula is C11H15NO4. The molecule has 0 aliphatic rings. The number of carbonyl (C=O) groups excluding carboxylic acids is 1. The van der Waals surface area contributed by atoms with Gasteiger partial charge in [0.05, 0.1) is 12.1 Å². The van der Waals surface area contributed by atoms with Gasteiger partial charge in [0.15, 0.2) is 11.5 Å². The molecule has 0 aliphatic carbocycles. The molecule has 2 atom stereocenters. The van der Waals surface area contributed by atoms with Crippen molar-refractivity contribution in [3.63, 3.8) is 0 Å². The molecule has 0 amide bonds. The largest absolute Gasteiger partial charge is 0.504 e. The summed E-state index contributed by atoms with van der Waals surface area (Å²) in [4.78, 5) is 11.6. The molecule has 0 radical (unpaired) electrons. The van der Waals surface area contributed by atoms with E-state index in [0.717, 1.165) is 0 Å². The molecule has 1 rings (SSSR count). The Morgan fingerprint density at radius 2 is 2.38 bits per heavy atom. The van der Waals surface area contributed by atoms with Gasteiger partial charge < -0.3 is 20.7 Å². The fraction of sp³-hybridized carbons (Fsp3) is 0.364. The normalized spacial score (nSPS) is 20.5. The maximum Gasteiger partial charge on any atom is 0.323 e. The van der Waals surface area contributed by atoms with Crippen LogP contribution in [0.5, 0.6) is 11.5 Å². The van der Waals surface area contributed by atoms with Gasteiger partial charge >= 0.3 is 5.97 Å². The van der Waals surface area contributed by atoms with Crippen molar-refractivity contribution in [2.75, 3.05) is 6.61 Å².